The molecule has 1 aliphatic rings. The van der Waals surface area contributed by atoms with Gasteiger partial charge in [-0.3, -0.25) is 9.79 Å². The fourth-order valence-electron chi connectivity index (χ4n) is 3.18. The summed E-state index contributed by atoms with van der Waals surface area (Å²) in [6, 6.07) is 6.67. The molecule has 1 aromatic carbocycles. The van der Waals surface area contributed by atoms with Crippen LogP contribution in [0.15, 0.2) is 29.3 Å². The lowest BCUT2D eigenvalue weighted by Crippen LogP contribution is -2.44. The van der Waals surface area contributed by atoms with Crippen LogP contribution in [0.4, 0.5) is 13.2 Å². The van der Waals surface area contributed by atoms with Gasteiger partial charge in [-0.05, 0) is 43.9 Å². The number of halogens is 3. The van der Waals surface area contributed by atoms with Crippen molar-refractivity contribution in [1.82, 2.24) is 15.5 Å². The largest absolute Gasteiger partial charge is 0.484 e. The molecule has 6 nitrogen and oxygen atoms in total. The number of hydrogen-bond donors (Lipinski definition) is 2. The van der Waals surface area contributed by atoms with Crippen molar-refractivity contribution >= 4 is 11.9 Å². The molecule has 0 bridgehead atoms. The molecule has 0 aromatic heterocycles. The maximum atomic E-state index is 12.3. The maximum Gasteiger partial charge on any atom is 0.422 e. The Bertz CT molecular complexity index is 677. The lowest BCUT2D eigenvalue weighted by atomic mass is 10.0. The summed E-state index contributed by atoms with van der Waals surface area (Å²) in [5, 5.41) is 6.23. The standard InChI is InChI=1S/C20H29F3N4O2/c1-15-5-3-4-12-27(15)18(28)10-11-25-19(24-2)26-13-16-6-8-17(9-7-16)29-14-20(21,22)23/h6-9,15H,3-5,10-14H2,1-2H3,(H2,24,25,26). The van der Waals surface area contributed by atoms with E-state index < -0.39 is 12.8 Å². The topological polar surface area (TPSA) is 66.0 Å². The van der Waals surface area contributed by atoms with Gasteiger partial charge in [-0.25, -0.2) is 0 Å². The summed E-state index contributed by atoms with van der Waals surface area (Å²) < 4.78 is 41.2. The Kier molecular flexibility index (Phi) is 8.60. The molecular formula is C20H29F3N4O2. The molecule has 2 rings (SSSR count). The van der Waals surface area contributed by atoms with Gasteiger partial charge in [0.1, 0.15) is 5.75 Å². The summed E-state index contributed by atoms with van der Waals surface area (Å²) in [4.78, 5) is 18.4. The molecule has 29 heavy (non-hydrogen) atoms. The quantitative estimate of drug-likeness (QED) is 0.532. The summed E-state index contributed by atoms with van der Waals surface area (Å²) in [7, 11) is 1.64. The smallest absolute Gasteiger partial charge is 0.422 e. The van der Waals surface area contributed by atoms with Gasteiger partial charge < -0.3 is 20.3 Å². The Morgan fingerprint density at radius 1 is 1.24 bits per heavy atom. The summed E-state index contributed by atoms with van der Waals surface area (Å²) in [6.45, 7) is 2.53. The van der Waals surface area contributed by atoms with Crippen LogP contribution in [0.3, 0.4) is 0 Å². The first kappa shape index (κ1) is 22.8. The number of carbonyl (C=O) groups is 1. The first-order chi connectivity index (χ1) is 13.8. The molecule has 1 aromatic rings. The summed E-state index contributed by atoms with van der Waals surface area (Å²) in [5.74, 6) is 0.871. The van der Waals surface area contributed by atoms with Crippen LogP contribution in [0.2, 0.25) is 0 Å². The van der Waals surface area contributed by atoms with E-state index in [2.05, 4.69) is 27.3 Å². The summed E-state index contributed by atoms with van der Waals surface area (Å²) >= 11 is 0. The molecule has 1 unspecified atom stereocenters. The van der Waals surface area contributed by atoms with E-state index in [0.717, 1.165) is 24.9 Å². The van der Waals surface area contributed by atoms with E-state index in [1.165, 1.54) is 18.6 Å². The zero-order chi connectivity index (χ0) is 21.3. The molecule has 0 saturated carbocycles. The van der Waals surface area contributed by atoms with Gasteiger partial charge in [0.15, 0.2) is 12.6 Å². The Balaban J connectivity index is 1.71. The molecule has 1 aliphatic heterocycles. The van der Waals surface area contributed by atoms with E-state index in [9.17, 15) is 18.0 Å². The second-order valence-electron chi connectivity index (χ2n) is 7.08. The van der Waals surface area contributed by atoms with E-state index in [4.69, 9.17) is 0 Å². The van der Waals surface area contributed by atoms with Crippen LogP contribution in [0.5, 0.6) is 5.75 Å². The van der Waals surface area contributed by atoms with Gasteiger partial charge in [0.2, 0.25) is 5.91 Å². The van der Waals surface area contributed by atoms with E-state index in [1.54, 1.807) is 19.2 Å². The monoisotopic (exact) mass is 414 g/mol. The van der Waals surface area contributed by atoms with Crippen molar-refractivity contribution in [1.29, 1.82) is 0 Å². The number of rotatable bonds is 7. The lowest BCUT2D eigenvalue weighted by molar-refractivity contribution is -0.153. The van der Waals surface area contributed by atoms with Crippen LogP contribution >= 0.6 is 0 Å². The van der Waals surface area contributed by atoms with Crippen LogP contribution < -0.4 is 15.4 Å². The lowest BCUT2D eigenvalue weighted by Gasteiger charge is -2.33. The minimum absolute atomic E-state index is 0.148. The van der Waals surface area contributed by atoms with Crippen LogP contribution in [-0.4, -0.2) is 55.7 Å². The SMILES string of the molecule is CN=C(NCCC(=O)N1CCCCC1C)NCc1ccc(OCC(F)(F)F)cc1. The number of benzene rings is 1. The normalized spacial score (nSPS) is 17.8. The summed E-state index contributed by atoms with van der Waals surface area (Å²) in [5.41, 5.74) is 0.866. The van der Waals surface area contributed by atoms with Gasteiger partial charge in [-0.15, -0.1) is 0 Å². The zero-order valence-electron chi connectivity index (χ0n) is 16.9. The highest BCUT2D eigenvalue weighted by atomic mass is 19.4. The molecule has 9 heteroatoms. The van der Waals surface area contributed by atoms with Crippen molar-refractivity contribution in [2.45, 2.75) is 51.4 Å². The molecule has 0 aliphatic carbocycles. The fourth-order valence-corrected chi connectivity index (χ4v) is 3.18. The maximum absolute atomic E-state index is 12.3. The third-order valence-electron chi connectivity index (χ3n) is 4.76. The number of guanidine groups is 1. The number of alkyl halides is 3. The van der Waals surface area contributed by atoms with Gasteiger partial charge in [0.25, 0.3) is 0 Å². The highest BCUT2D eigenvalue weighted by Crippen LogP contribution is 2.19. The van der Waals surface area contributed by atoms with Crippen LogP contribution in [-0.2, 0) is 11.3 Å². The average molecular weight is 414 g/mol. The van der Waals surface area contributed by atoms with E-state index in [-0.39, 0.29) is 11.7 Å². The number of nitrogens with zero attached hydrogens (tertiary/aromatic N) is 2. The number of nitrogens with one attached hydrogen (secondary N) is 2. The Morgan fingerprint density at radius 3 is 2.59 bits per heavy atom. The number of carbonyl (C=O) groups excluding carboxylic acids is 1. The molecule has 1 amide bonds. The van der Waals surface area contributed by atoms with Gasteiger partial charge >= 0.3 is 6.18 Å². The van der Waals surface area contributed by atoms with Gasteiger partial charge in [0.05, 0.1) is 0 Å². The third kappa shape index (κ3) is 8.21. The third-order valence-corrected chi connectivity index (χ3v) is 4.76. The minimum atomic E-state index is -4.36. The molecule has 0 spiro atoms. The van der Waals surface area contributed by atoms with Gasteiger partial charge in [-0.2, -0.15) is 13.2 Å². The van der Waals surface area contributed by atoms with Crippen molar-refractivity contribution in [3.05, 3.63) is 29.8 Å². The highest BCUT2D eigenvalue weighted by Gasteiger charge is 2.28. The predicted molar refractivity (Wildman–Crippen MR) is 106 cm³/mol. The van der Waals surface area contributed by atoms with Crippen molar-refractivity contribution in [3.8, 4) is 5.75 Å². The second kappa shape index (κ2) is 10.9. The molecule has 1 atom stereocenters. The van der Waals surface area contributed by atoms with Crippen LogP contribution in [0.1, 0.15) is 38.2 Å². The second-order valence-corrected chi connectivity index (χ2v) is 7.08. The molecule has 162 valence electrons. The average Bonchev–Trinajstić information content (AvgIpc) is 2.69. The number of aliphatic imine (C=N–C) groups is 1. The molecule has 1 heterocycles. The van der Waals surface area contributed by atoms with E-state index >= 15 is 0 Å². The Hall–Kier alpha value is -2.45. The predicted octanol–water partition coefficient (Wildman–Crippen LogP) is 3.08. The van der Waals surface area contributed by atoms with Crippen molar-refractivity contribution in [3.63, 3.8) is 0 Å². The van der Waals surface area contributed by atoms with Gasteiger partial charge in [-0.1, -0.05) is 12.1 Å². The zero-order valence-corrected chi connectivity index (χ0v) is 16.9. The minimum Gasteiger partial charge on any atom is -0.484 e. The van der Waals surface area contributed by atoms with Gasteiger partial charge in [0, 0.05) is 39.1 Å². The van der Waals surface area contributed by atoms with Crippen molar-refractivity contribution in [2.24, 2.45) is 4.99 Å². The number of amides is 1. The number of likely N-dealkylation sites (tertiary alicyclic amines) is 1. The first-order valence-electron chi connectivity index (χ1n) is 9.81. The molecular weight excluding hydrogens is 385 g/mol. The van der Waals surface area contributed by atoms with Crippen LogP contribution in [0, 0.1) is 0 Å². The van der Waals surface area contributed by atoms with Crippen molar-refractivity contribution < 1.29 is 22.7 Å². The summed E-state index contributed by atoms with van der Waals surface area (Å²) in [6.07, 6.45) is -0.660. The van der Waals surface area contributed by atoms with Crippen molar-refractivity contribution in [2.75, 3.05) is 26.7 Å². The molecule has 2 N–H and O–H groups in total. The Labute approximate surface area is 169 Å². The molecule has 1 fully saturated rings. The number of piperidine rings is 1. The number of ether oxygens (including phenoxy) is 1. The van der Waals surface area contributed by atoms with E-state index in [0.29, 0.717) is 31.5 Å². The molecule has 1 saturated heterocycles. The fraction of sp³-hybridized carbons (Fsp3) is 0.600. The van der Waals surface area contributed by atoms with E-state index in [1.807, 2.05) is 4.90 Å². The highest BCUT2D eigenvalue weighted by molar-refractivity contribution is 5.81. The van der Waals surface area contributed by atoms with Crippen LogP contribution in [0.25, 0.3) is 0 Å². The first-order valence-corrected chi connectivity index (χ1v) is 9.81. The molecule has 0 radical (unpaired) electrons. The number of hydrogen-bond acceptors (Lipinski definition) is 3. The Morgan fingerprint density at radius 2 is 1.97 bits per heavy atom.